The molecule has 0 aliphatic carbocycles. The van der Waals surface area contributed by atoms with Gasteiger partial charge in [0, 0.05) is 34.8 Å². The number of hydrogen-bond acceptors (Lipinski definition) is 7. The van der Waals surface area contributed by atoms with E-state index in [0.29, 0.717) is 23.1 Å². The predicted molar refractivity (Wildman–Crippen MR) is 141 cm³/mol. The fraction of sp³-hybridized carbons (Fsp3) is 0.357. The Bertz CT molecular complexity index is 1340. The zero-order chi connectivity index (χ0) is 25.2. The summed E-state index contributed by atoms with van der Waals surface area (Å²) in [5, 5.41) is 14.2. The van der Waals surface area contributed by atoms with Crippen LogP contribution >= 0.6 is 0 Å². The van der Waals surface area contributed by atoms with Gasteiger partial charge in [-0.3, -0.25) is 9.78 Å². The maximum atomic E-state index is 12.1. The number of aliphatic hydroxyl groups is 1. The number of piperidine rings is 1. The van der Waals surface area contributed by atoms with Crippen molar-refractivity contribution in [2.45, 2.75) is 51.2 Å². The van der Waals surface area contributed by atoms with Crippen molar-refractivity contribution >= 4 is 17.8 Å². The monoisotopic (exact) mass is 484 g/mol. The highest BCUT2D eigenvalue weighted by atomic mass is 16.3. The fourth-order valence-electron chi connectivity index (χ4n) is 5.27. The van der Waals surface area contributed by atoms with Crippen LogP contribution in [-0.2, 0) is 0 Å². The number of benzene rings is 1. The van der Waals surface area contributed by atoms with Crippen LogP contribution in [0.5, 0.6) is 0 Å². The van der Waals surface area contributed by atoms with Gasteiger partial charge in [0.25, 0.3) is 0 Å². The Morgan fingerprint density at radius 3 is 2.47 bits per heavy atom. The number of carbonyl (C=O) groups is 1. The molecule has 3 aromatic heterocycles. The molecular formula is C28H32N6O2. The molecule has 5 rings (SSSR count). The minimum atomic E-state index is -0.320. The van der Waals surface area contributed by atoms with E-state index in [1.54, 1.807) is 10.7 Å². The van der Waals surface area contributed by atoms with Crippen LogP contribution in [-0.4, -0.2) is 61.1 Å². The number of rotatable bonds is 7. The number of aromatic nitrogens is 4. The van der Waals surface area contributed by atoms with Crippen LogP contribution in [0.1, 0.15) is 55.1 Å². The van der Waals surface area contributed by atoms with Gasteiger partial charge in [0.2, 0.25) is 0 Å². The number of pyridine rings is 1. The van der Waals surface area contributed by atoms with E-state index in [9.17, 15) is 9.90 Å². The molecule has 8 heteroatoms. The van der Waals surface area contributed by atoms with Crippen molar-refractivity contribution in [1.29, 1.82) is 0 Å². The van der Waals surface area contributed by atoms with Crippen LogP contribution in [0.4, 0.5) is 5.82 Å². The number of fused-ring (bicyclic) bond motifs is 1. The summed E-state index contributed by atoms with van der Waals surface area (Å²) in [5.74, 6) is 0.448. The zero-order valence-electron chi connectivity index (χ0n) is 20.7. The molecular weight excluding hydrogens is 452 g/mol. The van der Waals surface area contributed by atoms with E-state index in [2.05, 4.69) is 21.9 Å². The first kappa shape index (κ1) is 24.1. The van der Waals surface area contributed by atoms with Crippen LogP contribution < -0.4 is 5.73 Å². The molecule has 3 N–H and O–H groups in total. The van der Waals surface area contributed by atoms with Gasteiger partial charge in [-0.1, -0.05) is 36.4 Å². The molecule has 2 atom stereocenters. The minimum Gasteiger partial charge on any atom is -0.393 e. The first-order valence-electron chi connectivity index (χ1n) is 12.5. The number of nitrogen functional groups attached to an aromatic ring is 1. The second-order valence-electron chi connectivity index (χ2n) is 9.75. The second kappa shape index (κ2) is 10.2. The average Bonchev–Trinajstić information content (AvgIpc) is 3.33. The molecule has 1 aliphatic rings. The van der Waals surface area contributed by atoms with Gasteiger partial charge in [0.15, 0.2) is 11.9 Å². The second-order valence-corrected chi connectivity index (χ2v) is 9.75. The van der Waals surface area contributed by atoms with Crippen LogP contribution in [0.25, 0.3) is 28.0 Å². The quantitative estimate of drug-likeness (QED) is 0.379. The van der Waals surface area contributed by atoms with Crippen LogP contribution in [0, 0.1) is 0 Å². The molecule has 0 amide bonds. The van der Waals surface area contributed by atoms with Crippen LogP contribution in [0.2, 0.25) is 0 Å². The third-order valence-electron chi connectivity index (χ3n) is 7.23. The Labute approximate surface area is 210 Å². The summed E-state index contributed by atoms with van der Waals surface area (Å²) in [7, 11) is 0. The standard InChI is InChI=1S/C28H32N6O2/c1-18(14-19(2)36)33-12-10-21(11-13-33)26-24(17-35)27(29)34-28(32-26)23(16-31-34)22-8-9-25(30-15-22)20-6-4-3-5-7-20/h3-9,15-19,21,36H,10-14,29H2,1-2H3. The van der Waals surface area contributed by atoms with Gasteiger partial charge in [0.1, 0.15) is 5.82 Å². The number of nitrogens with two attached hydrogens (primary N) is 1. The number of likely N-dealkylation sites (tertiary alicyclic amines) is 1. The third-order valence-corrected chi connectivity index (χ3v) is 7.23. The van der Waals surface area contributed by atoms with E-state index >= 15 is 0 Å². The van der Waals surface area contributed by atoms with E-state index in [4.69, 9.17) is 10.7 Å². The van der Waals surface area contributed by atoms with Crippen molar-refractivity contribution in [2.24, 2.45) is 0 Å². The molecule has 0 bridgehead atoms. The normalized spacial score (nSPS) is 16.8. The average molecular weight is 485 g/mol. The number of aldehydes is 1. The lowest BCUT2D eigenvalue weighted by molar-refractivity contribution is 0.101. The molecule has 8 nitrogen and oxygen atoms in total. The minimum absolute atomic E-state index is 0.133. The van der Waals surface area contributed by atoms with Crippen molar-refractivity contribution in [3.8, 4) is 22.4 Å². The number of aliphatic hydroxyl groups excluding tert-OH is 1. The zero-order valence-corrected chi connectivity index (χ0v) is 20.7. The molecule has 1 aromatic carbocycles. The number of nitrogens with zero attached hydrogens (tertiary/aromatic N) is 5. The molecule has 2 unspecified atom stereocenters. The summed E-state index contributed by atoms with van der Waals surface area (Å²) in [6.07, 6.45) is 6.55. The van der Waals surface area contributed by atoms with Gasteiger partial charge in [-0.25, -0.2) is 4.98 Å². The maximum absolute atomic E-state index is 12.1. The Kier molecular flexibility index (Phi) is 6.80. The number of carbonyl (C=O) groups excluding carboxylic acids is 1. The first-order valence-corrected chi connectivity index (χ1v) is 12.5. The van der Waals surface area contributed by atoms with E-state index < -0.39 is 0 Å². The molecule has 0 saturated carbocycles. The highest BCUT2D eigenvalue weighted by Gasteiger charge is 2.29. The Morgan fingerprint density at radius 2 is 1.83 bits per heavy atom. The molecule has 4 aromatic rings. The highest BCUT2D eigenvalue weighted by molar-refractivity contribution is 5.87. The largest absolute Gasteiger partial charge is 0.393 e. The van der Waals surface area contributed by atoms with E-state index in [-0.39, 0.29) is 12.0 Å². The lowest BCUT2D eigenvalue weighted by Gasteiger charge is -2.36. The van der Waals surface area contributed by atoms with Gasteiger partial charge < -0.3 is 15.7 Å². The summed E-state index contributed by atoms with van der Waals surface area (Å²) in [6.45, 7) is 5.76. The summed E-state index contributed by atoms with van der Waals surface area (Å²) in [5.41, 5.74) is 11.9. The topological polar surface area (TPSA) is 110 Å². The predicted octanol–water partition coefficient (Wildman–Crippen LogP) is 4.19. The van der Waals surface area contributed by atoms with Crippen LogP contribution in [0.3, 0.4) is 0 Å². The molecule has 4 heterocycles. The van der Waals surface area contributed by atoms with Crippen molar-refractivity contribution in [2.75, 3.05) is 18.8 Å². The fourth-order valence-corrected chi connectivity index (χ4v) is 5.27. The molecule has 186 valence electrons. The molecule has 1 saturated heterocycles. The Hall–Kier alpha value is -3.62. The maximum Gasteiger partial charge on any atom is 0.165 e. The van der Waals surface area contributed by atoms with Gasteiger partial charge in [-0.2, -0.15) is 9.61 Å². The molecule has 0 spiro atoms. The summed E-state index contributed by atoms with van der Waals surface area (Å²) in [4.78, 5) is 24.1. The smallest absolute Gasteiger partial charge is 0.165 e. The summed E-state index contributed by atoms with van der Waals surface area (Å²) in [6, 6.07) is 14.3. The van der Waals surface area contributed by atoms with Gasteiger partial charge in [-0.15, -0.1) is 0 Å². The molecule has 1 aliphatic heterocycles. The molecule has 36 heavy (non-hydrogen) atoms. The summed E-state index contributed by atoms with van der Waals surface area (Å²) >= 11 is 0. The van der Waals surface area contributed by atoms with Crippen LogP contribution in [0.15, 0.2) is 54.9 Å². The Morgan fingerprint density at radius 1 is 1.08 bits per heavy atom. The van der Waals surface area contributed by atoms with Gasteiger partial charge in [0.05, 0.1) is 29.3 Å². The summed E-state index contributed by atoms with van der Waals surface area (Å²) < 4.78 is 1.55. The van der Waals surface area contributed by atoms with Crippen molar-refractivity contribution < 1.29 is 9.90 Å². The number of hydrogen-bond donors (Lipinski definition) is 2. The van der Waals surface area contributed by atoms with Gasteiger partial charge in [-0.05, 0) is 52.3 Å². The van der Waals surface area contributed by atoms with E-state index in [1.165, 1.54) is 0 Å². The lowest BCUT2D eigenvalue weighted by atomic mass is 9.89. The van der Waals surface area contributed by atoms with E-state index in [0.717, 1.165) is 66.7 Å². The first-order chi connectivity index (χ1) is 17.5. The third kappa shape index (κ3) is 4.62. The molecule has 1 fully saturated rings. The Balaban J connectivity index is 1.45. The number of anilines is 1. The van der Waals surface area contributed by atoms with Crippen molar-refractivity contribution in [1.82, 2.24) is 24.5 Å². The SMILES string of the molecule is CC(O)CC(C)N1CCC(c2nc3c(-c4ccc(-c5ccccc5)nc4)cnn3c(N)c2C=O)CC1. The van der Waals surface area contributed by atoms with Gasteiger partial charge >= 0.3 is 0 Å². The molecule has 0 radical (unpaired) electrons. The lowest BCUT2D eigenvalue weighted by Crippen LogP contribution is -2.41. The van der Waals surface area contributed by atoms with E-state index in [1.807, 2.05) is 55.6 Å². The van der Waals surface area contributed by atoms with Crippen molar-refractivity contribution in [3.63, 3.8) is 0 Å². The van der Waals surface area contributed by atoms with Crippen molar-refractivity contribution in [3.05, 3.63) is 66.1 Å². The highest BCUT2D eigenvalue weighted by Crippen LogP contribution is 2.34.